The van der Waals surface area contributed by atoms with Crippen LogP contribution >= 0.6 is 11.3 Å². The Hall–Kier alpha value is -3.44. The molecule has 8 heteroatoms. The minimum absolute atomic E-state index is 0.335. The molecular weight excluding hydrogens is 346 g/mol. The molecule has 0 aliphatic rings. The van der Waals surface area contributed by atoms with Gasteiger partial charge in [-0.3, -0.25) is 9.25 Å². The van der Waals surface area contributed by atoms with Crippen LogP contribution in [-0.2, 0) is 0 Å². The zero-order valence-electron chi connectivity index (χ0n) is 13.8. The molecule has 26 heavy (non-hydrogen) atoms. The average Bonchev–Trinajstić information content (AvgIpc) is 3.44. The summed E-state index contributed by atoms with van der Waals surface area (Å²) in [7, 11) is 0. The fraction of sp³-hybridized carbons (Fsp3) is 0.111. The number of pyridine rings is 1. The maximum atomic E-state index is 9.18. The molecule has 5 heterocycles. The summed E-state index contributed by atoms with van der Waals surface area (Å²) in [6, 6.07) is 7.93. The van der Waals surface area contributed by atoms with Crippen molar-refractivity contribution in [3.63, 3.8) is 0 Å². The highest BCUT2D eigenvalue weighted by molar-refractivity contribution is 7.13. The number of hydrogen-bond acceptors (Lipinski definition) is 5. The molecule has 1 N–H and O–H groups in total. The Bertz CT molecular complexity index is 1270. The van der Waals surface area contributed by atoms with E-state index in [4.69, 9.17) is 4.98 Å². The van der Waals surface area contributed by atoms with Crippen LogP contribution in [-0.4, -0.2) is 29.3 Å². The van der Waals surface area contributed by atoms with Gasteiger partial charge in [-0.25, -0.2) is 9.97 Å². The van der Waals surface area contributed by atoms with Crippen LogP contribution in [0.1, 0.15) is 13.0 Å². The fourth-order valence-electron chi connectivity index (χ4n) is 3.11. The van der Waals surface area contributed by atoms with Crippen LogP contribution in [0.4, 0.5) is 0 Å². The normalized spacial score (nSPS) is 12.6. The zero-order chi connectivity index (χ0) is 17.7. The maximum Gasteiger partial charge on any atom is 0.156 e. The van der Waals surface area contributed by atoms with Gasteiger partial charge in [-0.05, 0) is 24.4 Å². The Balaban J connectivity index is 1.86. The Morgan fingerprint density at radius 1 is 1.31 bits per heavy atom. The minimum Gasteiger partial charge on any atom is -0.346 e. The van der Waals surface area contributed by atoms with Crippen LogP contribution in [0.5, 0.6) is 0 Å². The molecule has 126 valence electrons. The van der Waals surface area contributed by atoms with E-state index < -0.39 is 0 Å². The van der Waals surface area contributed by atoms with Crippen molar-refractivity contribution in [1.29, 1.82) is 5.26 Å². The number of fused-ring (bicyclic) bond motifs is 3. The number of H-pyrrole nitrogens is 1. The van der Waals surface area contributed by atoms with Gasteiger partial charge in [-0.15, -0.1) is 11.3 Å². The monoisotopic (exact) mass is 359 g/mol. The number of imidazole rings is 1. The van der Waals surface area contributed by atoms with Crippen LogP contribution in [0.3, 0.4) is 0 Å². The molecule has 1 unspecified atom stereocenters. The van der Waals surface area contributed by atoms with Crippen LogP contribution in [0.25, 0.3) is 38.5 Å². The van der Waals surface area contributed by atoms with Gasteiger partial charge in [0.15, 0.2) is 5.82 Å². The lowest BCUT2D eigenvalue weighted by Gasteiger charge is -2.06. The third-order valence-corrected chi connectivity index (χ3v) is 5.24. The van der Waals surface area contributed by atoms with Gasteiger partial charge in [0.25, 0.3) is 0 Å². The van der Waals surface area contributed by atoms with Crippen molar-refractivity contribution in [1.82, 2.24) is 29.3 Å². The predicted octanol–water partition coefficient (Wildman–Crippen LogP) is 3.91. The van der Waals surface area contributed by atoms with Crippen LogP contribution in [0, 0.1) is 11.3 Å². The first kappa shape index (κ1) is 14.9. The minimum atomic E-state index is -0.335. The summed E-state index contributed by atoms with van der Waals surface area (Å²) >= 11 is 1.63. The Kier molecular flexibility index (Phi) is 3.17. The lowest BCUT2D eigenvalue weighted by Crippen LogP contribution is -2.02. The highest BCUT2D eigenvalue weighted by Gasteiger charge is 2.19. The SMILES string of the molecule is CC(C#N)n1cc(-n2c(-c3cccs3)nc3cnc4[nH]ccc4c32)cn1. The summed E-state index contributed by atoms with van der Waals surface area (Å²) in [5, 5.41) is 16.6. The molecule has 0 fully saturated rings. The second-order valence-electron chi connectivity index (χ2n) is 5.96. The van der Waals surface area contributed by atoms with Gasteiger partial charge in [0, 0.05) is 11.6 Å². The van der Waals surface area contributed by atoms with E-state index in [1.807, 2.05) is 42.9 Å². The Labute approximate surface area is 152 Å². The van der Waals surface area contributed by atoms with E-state index in [1.165, 1.54) is 0 Å². The highest BCUT2D eigenvalue weighted by atomic mass is 32.1. The van der Waals surface area contributed by atoms with Crippen molar-refractivity contribution in [3.05, 3.63) is 48.4 Å². The molecule has 5 rings (SSSR count). The number of nitrogens with one attached hydrogen (secondary N) is 1. The summed E-state index contributed by atoms with van der Waals surface area (Å²) in [6.45, 7) is 1.82. The second kappa shape index (κ2) is 5.54. The molecule has 0 radical (unpaired) electrons. The number of aromatic amines is 1. The van der Waals surface area contributed by atoms with Gasteiger partial charge in [-0.2, -0.15) is 10.4 Å². The van der Waals surface area contributed by atoms with Crippen molar-refractivity contribution in [2.24, 2.45) is 0 Å². The molecule has 7 nitrogen and oxygen atoms in total. The van der Waals surface area contributed by atoms with Crippen LogP contribution in [0.2, 0.25) is 0 Å². The fourth-order valence-corrected chi connectivity index (χ4v) is 3.81. The molecule has 0 aliphatic heterocycles. The van der Waals surface area contributed by atoms with E-state index in [0.29, 0.717) is 0 Å². The molecular formula is C18H13N7S. The van der Waals surface area contributed by atoms with Crippen molar-refractivity contribution in [2.45, 2.75) is 13.0 Å². The lowest BCUT2D eigenvalue weighted by atomic mass is 10.3. The molecule has 1 atom stereocenters. The van der Waals surface area contributed by atoms with Crippen molar-refractivity contribution >= 4 is 33.4 Å². The van der Waals surface area contributed by atoms with Gasteiger partial charge < -0.3 is 4.98 Å². The van der Waals surface area contributed by atoms with Gasteiger partial charge >= 0.3 is 0 Å². The van der Waals surface area contributed by atoms with Gasteiger partial charge in [0.05, 0.1) is 40.7 Å². The molecule has 0 aliphatic carbocycles. The lowest BCUT2D eigenvalue weighted by molar-refractivity contribution is 0.591. The molecule has 5 aromatic heterocycles. The van der Waals surface area contributed by atoms with Gasteiger partial charge in [0.1, 0.15) is 17.2 Å². The maximum absolute atomic E-state index is 9.18. The molecule has 0 saturated carbocycles. The number of aromatic nitrogens is 6. The van der Waals surface area contributed by atoms with Crippen molar-refractivity contribution in [3.8, 4) is 22.5 Å². The smallest absolute Gasteiger partial charge is 0.156 e. The van der Waals surface area contributed by atoms with E-state index in [9.17, 15) is 5.26 Å². The zero-order valence-corrected chi connectivity index (χ0v) is 14.6. The first-order valence-electron chi connectivity index (χ1n) is 8.09. The van der Waals surface area contributed by atoms with Crippen molar-refractivity contribution in [2.75, 3.05) is 0 Å². The van der Waals surface area contributed by atoms with E-state index in [1.54, 1.807) is 28.4 Å². The number of nitriles is 1. The van der Waals surface area contributed by atoms with Gasteiger partial charge in [0.2, 0.25) is 0 Å². The third kappa shape index (κ3) is 2.08. The highest BCUT2D eigenvalue weighted by Crippen LogP contribution is 2.34. The summed E-state index contributed by atoms with van der Waals surface area (Å²) in [4.78, 5) is 13.5. The largest absolute Gasteiger partial charge is 0.346 e. The van der Waals surface area contributed by atoms with Crippen LogP contribution < -0.4 is 0 Å². The van der Waals surface area contributed by atoms with Crippen molar-refractivity contribution < 1.29 is 0 Å². The quantitative estimate of drug-likeness (QED) is 0.529. The molecule has 0 amide bonds. The van der Waals surface area contributed by atoms with Crippen LogP contribution in [0.15, 0.2) is 48.4 Å². The van der Waals surface area contributed by atoms with E-state index in [2.05, 4.69) is 25.7 Å². The number of thiophene rings is 1. The Morgan fingerprint density at radius 2 is 2.23 bits per heavy atom. The topological polar surface area (TPSA) is 88.1 Å². The number of rotatable bonds is 3. The summed E-state index contributed by atoms with van der Waals surface area (Å²) in [5.41, 5.74) is 3.48. The predicted molar refractivity (Wildman–Crippen MR) is 100 cm³/mol. The first-order valence-corrected chi connectivity index (χ1v) is 8.97. The van der Waals surface area contributed by atoms with E-state index in [0.717, 1.165) is 38.5 Å². The summed E-state index contributed by atoms with van der Waals surface area (Å²) in [5.74, 6) is 0.842. The van der Waals surface area contributed by atoms with Gasteiger partial charge in [-0.1, -0.05) is 6.07 Å². The molecule has 0 bridgehead atoms. The average molecular weight is 359 g/mol. The Morgan fingerprint density at radius 3 is 3.04 bits per heavy atom. The summed E-state index contributed by atoms with van der Waals surface area (Å²) < 4.78 is 3.75. The van der Waals surface area contributed by atoms with E-state index in [-0.39, 0.29) is 6.04 Å². The van der Waals surface area contributed by atoms with E-state index >= 15 is 0 Å². The third-order valence-electron chi connectivity index (χ3n) is 4.37. The number of hydrogen-bond donors (Lipinski definition) is 1. The second-order valence-corrected chi connectivity index (χ2v) is 6.91. The summed E-state index contributed by atoms with van der Waals surface area (Å²) in [6.07, 6.45) is 7.31. The molecule has 5 aromatic rings. The molecule has 0 spiro atoms. The molecule has 0 saturated heterocycles. The standard InChI is InChI=1S/C18H13N7S/c1-11(7-19)24-10-12(8-22-24)25-16-13-4-5-20-17(13)21-9-14(16)23-18(25)15-3-2-6-26-15/h2-6,8-11H,1H3,(H,20,21). The molecule has 0 aromatic carbocycles. The first-order chi connectivity index (χ1) is 12.8. The number of nitrogens with zero attached hydrogens (tertiary/aromatic N) is 6.